The van der Waals surface area contributed by atoms with Gasteiger partial charge in [-0.05, 0) is 30.7 Å². The zero-order valence-electron chi connectivity index (χ0n) is 8.93. The van der Waals surface area contributed by atoms with Crippen LogP contribution in [-0.2, 0) is 10.2 Å². The van der Waals surface area contributed by atoms with Crippen LogP contribution in [0.3, 0.4) is 0 Å². The van der Waals surface area contributed by atoms with E-state index in [1.54, 1.807) is 31.3 Å². The first-order chi connectivity index (χ1) is 7.51. The van der Waals surface area contributed by atoms with Crippen LogP contribution in [0.1, 0.15) is 6.42 Å². The van der Waals surface area contributed by atoms with Crippen LogP contribution in [0.4, 0.5) is 5.69 Å². The average Bonchev–Trinajstić information content (AvgIpc) is 2.24. The van der Waals surface area contributed by atoms with Gasteiger partial charge in [-0.2, -0.15) is 12.7 Å². The van der Waals surface area contributed by atoms with E-state index in [-0.39, 0.29) is 0 Å². The molecule has 1 aliphatic heterocycles. The Bertz CT molecular complexity index is 472. The number of nitrogens with zero attached hydrogens (tertiary/aromatic N) is 2. The fourth-order valence-electron chi connectivity index (χ4n) is 1.71. The second kappa shape index (κ2) is 4.24. The zero-order valence-corrected chi connectivity index (χ0v) is 10.5. The summed E-state index contributed by atoms with van der Waals surface area (Å²) >= 11 is 5.77. The van der Waals surface area contributed by atoms with Crippen LogP contribution >= 0.6 is 11.6 Å². The Balaban J connectivity index is 2.36. The molecule has 1 saturated heterocycles. The molecule has 1 aliphatic rings. The van der Waals surface area contributed by atoms with Crippen molar-refractivity contribution in [3.63, 3.8) is 0 Å². The highest BCUT2D eigenvalue weighted by atomic mass is 35.5. The number of benzene rings is 1. The Hall–Kier alpha value is -0.780. The van der Waals surface area contributed by atoms with Crippen LogP contribution < -0.4 is 4.31 Å². The topological polar surface area (TPSA) is 40.6 Å². The van der Waals surface area contributed by atoms with Gasteiger partial charge in [0, 0.05) is 25.2 Å². The molecule has 0 aliphatic carbocycles. The standard InChI is InChI=1S/C10H13ClN2O2S/c1-12-7-2-8-13(16(12,14)15)10-5-3-9(11)4-6-10/h3-6H,2,7-8H2,1H3. The second-order valence-electron chi connectivity index (χ2n) is 3.73. The predicted molar refractivity (Wildman–Crippen MR) is 65.0 cm³/mol. The van der Waals surface area contributed by atoms with Crippen LogP contribution in [-0.4, -0.2) is 32.9 Å². The molecule has 0 N–H and O–H groups in total. The van der Waals surface area contributed by atoms with Crippen molar-refractivity contribution in [2.24, 2.45) is 0 Å². The molecule has 0 saturated carbocycles. The van der Waals surface area contributed by atoms with E-state index in [1.807, 2.05) is 0 Å². The highest BCUT2D eigenvalue weighted by molar-refractivity contribution is 7.90. The number of anilines is 1. The van der Waals surface area contributed by atoms with Gasteiger partial charge < -0.3 is 0 Å². The number of rotatable bonds is 1. The summed E-state index contributed by atoms with van der Waals surface area (Å²) < 4.78 is 26.8. The highest BCUT2D eigenvalue weighted by Gasteiger charge is 2.30. The molecule has 4 nitrogen and oxygen atoms in total. The van der Waals surface area contributed by atoms with Crippen LogP contribution in [0.2, 0.25) is 5.02 Å². The van der Waals surface area contributed by atoms with Crippen LogP contribution in [0, 0.1) is 0 Å². The molecule has 1 aromatic carbocycles. The summed E-state index contributed by atoms with van der Waals surface area (Å²) in [6.07, 6.45) is 0.832. The van der Waals surface area contributed by atoms with Crippen molar-refractivity contribution in [1.82, 2.24) is 4.31 Å². The summed E-state index contributed by atoms with van der Waals surface area (Å²) in [6, 6.07) is 6.83. The first-order valence-corrected chi connectivity index (χ1v) is 6.79. The van der Waals surface area contributed by atoms with E-state index in [0.29, 0.717) is 23.8 Å². The summed E-state index contributed by atoms with van der Waals surface area (Å²) in [7, 11) is -1.75. The summed E-state index contributed by atoms with van der Waals surface area (Å²) in [4.78, 5) is 0. The van der Waals surface area contributed by atoms with E-state index in [9.17, 15) is 8.42 Å². The van der Waals surface area contributed by atoms with Gasteiger partial charge in [0.1, 0.15) is 0 Å². The van der Waals surface area contributed by atoms with Gasteiger partial charge in [0.2, 0.25) is 0 Å². The number of hydrogen-bond donors (Lipinski definition) is 0. The molecular weight excluding hydrogens is 248 g/mol. The normalized spacial score (nSPS) is 21.0. The van der Waals surface area contributed by atoms with E-state index >= 15 is 0 Å². The molecule has 0 aromatic heterocycles. The lowest BCUT2D eigenvalue weighted by molar-refractivity contribution is 0.438. The Morgan fingerprint density at radius 1 is 1.19 bits per heavy atom. The lowest BCUT2D eigenvalue weighted by Gasteiger charge is -2.33. The SMILES string of the molecule is CN1CCCN(c2ccc(Cl)cc2)S1(=O)=O. The lowest BCUT2D eigenvalue weighted by atomic mass is 10.3. The second-order valence-corrected chi connectivity index (χ2v) is 6.13. The van der Waals surface area contributed by atoms with E-state index in [4.69, 9.17) is 11.6 Å². The molecule has 16 heavy (non-hydrogen) atoms. The van der Waals surface area contributed by atoms with Gasteiger partial charge in [0.05, 0.1) is 5.69 Å². The lowest BCUT2D eigenvalue weighted by Crippen LogP contribution is -2.47. The van der Waals surface area contributed by atoms with Crippen LogP contribution in [0.5, 0.6) is 0 Å². The molecule has 0 radical (unpaired) electrons. The van der Waals surface area contributed by atoms with Crippen molar-refractivity contribution < 1.29 is 8.42 Å². The van der Waals surface area contributed by atoms with Gasteiger partial charge >= 0.3 is 10.2 Å². The third-order valence-electron chi connectivity index (χ3n) is 2.62. The summed E-state index contributed by atoms with van der Waals surface area (Å²) in [5, 5.41) is 0.603. The molecule has 0 spiro atoms. The molecule has 0 unspecified atom stereocenters. The molecule has 1 fully saturated rings. The maximum Gasteiger partial charge on any atom is 0.303 e. The molecular formula is C10H13ClN2O2S. The number of hydrogen-bond acceptors (Lipinski definition) is 2. The monoisotopic (exact) mass is 260 g/mol. The molecule has 0 bridgehead atoms. The average molecular weight is 261 g/mol. The van der Waals surface area contributed by atoms with Crippen LogP contribution in [0.25, 0.3) is 0 Å². The van der Waals surface area contributed by atoms with Gasteiger partial charge in [-0.3, -0.25) is 4.31 Å². The van der Waals surface area contributed by atoms with Crippen LogP contribution in [0.15, 0.2) is 24.3 Å². The van der Waals surface area contributed by atoms with Gasteiger partial charge in [0.25, 0.3) is 0 Å². The quantitative estimate of drug-likeness (QED) is 0.772. The fraction of sp³-hybridized carbons (Fsp3) is 0.400. The summed E-state index contributed by atoms with van der Waals surface area (Å²) in [5.41, 5.74) is 0.663. The van der Waals surface area contributed by atoms with Crippen molar-refractivity contribution in [1.29, 1.82) is 0 Å². The largest absolute Gasteiger partial charge is 0.303 e. The fourth-order valence-corrected chi connectivity index (χ4v) is 3.28. The minimum absolute atomic E-state index is 0.522. The van der Waals surface area contributed by atoms with Gasteiger partial charge in [-0.15, -0.1) is 0 Å². The Morgan fingerprint density at radius 2 is 1.81 bits per heavy atom. The Kier molecular flexibility index (Phi) is 3.10. The molecule has 88 valence electrons. The first kappa shape index (κ1) is 11.7. The van der Waals surface area contributed by atoms with Crippen molar-refractivity contribution in [3.05, 3.63) is 29.3 Å². The molecule has 0 amide bonds. The minimum atomic E-state index is -3.34. The highest BCUT2D eigenvalue weighted by Crippen LogP contribution is 2.24. The number of halogens is 1. The third-order valence-corrected chi connectivity index (χ3v) is 4.79. The van der Waals surface area contributed by atoms with Crippen molar-refractivity contribution in [2.75, 3.05) is 24.4 Å². The van der Waals surface area contributed by atoms with Gasteiger partial charge in [-0.25, -0.2) is 0 Å². The molecule has 1 heterocycles. The zero-order chi connectivity index (χ0) is 11.8. The van der Waals surface area contributed by atoms with Crippen molar-refractivity contribution in [2.45, 2.75) is 6.42 Å². The summed E-state index contributed by atoms with van der Waals surface area (Å²) in [6.45, 7) is 1.10. The van der Waals surface area contributed by atoms with E-state index in [0.717, 1.165) is 6.42 Å². The van der Waals surface area contributed by atoms with Gasteiger partial charge in [0.15, 0.2) is 0 Å². The van der Waals surface area contributed by atoms with Crippen molar-refractivity contribution >= 4 is 27.5 Å². The maximum atomic E-state index is 12.0. The maximum absolute atomic E-state index is 12.0. The minimum Gasteiger partial charge on any atom is -0.258 e. The van der Waals surface area contributed by atoms with Crippen molar-refractivity contribution in [3.8, 4) is 0 Å². The molecule has 1 aromatic rings. The molecule has 6 heteroatoms. The van der Waals surface area contributed by atoms with E-state index in [2.05, 4.69) is 0 Å². The molecule has 0 atom stereocenters. The predicted octanol–water partition coefficient (Wildman–Crippen LogP) is 1.73. The molecule has 2 rings (SSSR count). The summed E-state index contributed by atoms with van der Waals surface area (Å²) in [5.74, 6) is 0. The van der Waals surface area contributed by atoms with E-state index in [1.165, 1.54) is 8.61 Å². The smallest absolute Gasteiger partial charge is 0.258 e. The first-order valence-electron chi connectivity index (χ1n) is 5.01. The van der Waals surface area contributed by atoms with E-state index < -0.39 is 10.2 Å². The Labute approximate surface area is 101 Å². The Morgan fingerprint density at radius 3 is 2.44 bits per heavy atom. The third kappa shape index (κ3) is 2.03. The van der Waals surface area contributed by atoms with Gasteiger partial charge in [-0.1, -0.05) is 11.6 Å².